The first-order valence-electron chi connectivity index (χ1n) is 12.4. The van der Waals surface area contributed by atoms with Crippen molar-refractivity contribution >= 4 is 44.3 Å². The number of carbonyl (C=O) groups is 1. The van der Waals surface area contributed by atoms with E-state index >= 15 is 4.39 Å². The molecule has 0 aliphatic carbocycles. The molecule has 1 aliphatic rings. The van der Waals surface area contributed by atoms with Crippen LogP contribution in [-0.2, 0) is 14.8 Å². The van der Waals surface area contributed by atoms with Gasteiger partial charge in [-0.05, 0) is 49.4 Å². The van der Waals surface area contributed by atoms with E-state index in [-0.39, 0.29) is 68.5 Å². The lowest BCUT2D eigenvalue weighted by molar-refractivity contribution is -0.126. The van der Waals surface area contributed by atoms with Gasteiger partial charge in [0.05, 0.1) is 16.2 Å². The summed E-state index contributed by atoms with van der Waals surface area (Å²) >= 11 is 6.25. The molecule has 2 N–H and O–H groups in total. The highest BCUT2D eigenvalue weighted by atomic mass is 35.5. The Morgan fingerprint density at radius 1 is 1.12 bits per heavy atom. The largest absolute Gasteiger partial charge is 0.354 e. The first-order valence-corrected chi connectivity index (χ1v) is 14.4. The fourth-order valence-corrected chi connectivity index (χ4v) is 6.10. The number of nitrogens with two attached hydrogens (primary N) is 1. The van der Waals surface area contributed by atoms with Gasteiger partial charge in [-0.25, -0.2) is 27.1 Å². The van der Waals surface area contributed by atoms with Crippen LogP contribution in [0.15, 0.2) is 76.9 Å². The number of benzene rings is 3. The minimum absolute atomic E-state index is 0.0450. The highest BCUT2D eigenvalue weighted by molar-refractivity contribution is 7.89. The number of fused-ring (bicyclic) bond motifs is 1. The fraction of sp³-hybridized carbons (Fsp3) is 0.179. The van der Waals surface area contributed by atoms with E-state index in [2.05, 4.69) is 11.6 Å². The Morgan fingerprint density at radius 2 is 1.85 bits per heavy atom. The number of aromatic nitrogens is 2. The summed E-state index contributed by atoms with van der Waals surface area (Å²) in [6, 6.07) is 11.5. The van der Waals surface area contributed by atoms with E-state index < -0.39 is 27.3 Å². The molecule has 0 spiro atoms. The summed E-state index contributed by atoms with van der Waals surface area (Å²) in [4.78, 5) is 33.1. The van der Waals surface area contributed by atoms with Crippen LogP contribution in [0.1, 0.15) is 6.92 Å². The highest BCUT2D eigenvalue weighted by Gasteiger charge is 2.30. The molecule has 1 aromatic heterocycles. The summed E-state index contributed by atoms with van der Waals surface area (Å²) < 4.78 is 56.6. The molecule has 4 aromatic rings. The molecule has 212 valence electrons. The number of anilines is 1. The number of hydrogen-bond acceptors (Lipinski definition) is 6. The molecule has 41 heavy (non-hydrogen) atoms. The molecule has 0 unspecified atom stereocenters. The lowest BCUT2D eigenvalue weighted by Crippen LogP contribution is -2.54. The Morgan fingerprint density at radius 3 is 2.51 bits per heavy atom. The van der Waals surface area contributed by atoms with Crippen LogP contribution in [0.25, 0.3) is 27.7 Å². The topological polar surface area (TPSA) is 119 Å². The minimum atomic E-state index is -4.31. The van der Waals surface area contributed by atoms with Crippen LogP contribution in [0.5, 0.6) is 0 Å². The second-order valence-corrected chi connectivity index (χ2v) is 11.5. The summed E-state index contributed by atoms with van der Waals surface area (Å²) in [6.45, 7) is 6.19. The Labute approximate surface area is 239 Å². The van der Waals surface area contributed by atoms with Gasteiger partial charge >= 0.3 is 5.69 Å². The quantitative estimate of drug-likeness (QED) is 0.348. The Hall–Kier alpha value is -4.13. The molecule has 2 heterocycles. The molecule has 0 saturated carbocycles. The van der Waals surface area contributed by atoms with Gasteiger partial charge in [-0.2, -0.15) is 4.98 Å². The number of piperazine rings is 1. The number of para-hydroxylation sites is 1. The van der Waals surface area contributed by atoms with E-state index in [1.807, 2.05) is 6.92 Å². The summed E-state index contributed by atoms with van der Waals surface area (Å²) in [5.41, 5.74) is -1.42. The normalized spacial score (nSPS) is 15.8. The number of halogens is 3. The molecule has 0 radical (unpaired) electrons. The zero-order valence-corrected chi connectivity index (χ0v) is 23.3. The third kappa shape index (κ3) is 5.09. The number of sulfonamides is 1. The number of nitrogens with zero attached hydrogens (tertiary/aromatic N) is 4. The molecule has 3 aromatic carbocycles. The maximum Gasteiger partial charge on any atom is 0.354 e. The molecule has 5 rings (SSSR count). The number of amides is 1. The molecular formula is C28H24ClF2N5O4S. The first-order chi connectivity index (χ1) is 19.4. The van der Waals surface area contributed by atoms with Crippen molar-refractivity contribution in [2.75, 3.05) is 24.5 Å². The van der Waals surface area contributed by atoms with Gasteiger partial charge in [-0.1, -0.05) is 36.4 Å². The number of hydrogen-bond donors (Lipinski definition) is 1. The zero-order valence-electron chi connectivity index (χ0n) is 21.7. The second kappa shape index (κ2) is 10.7. The molecule has 1 atom stereocenters. The van der Waals surface area contributed by atoms with Crippen molar-refractivity contribution in [3.8, 4) is 16.8 Å². The van der Waals surface area contributed by atoms with Gasteiger partial charge in [-0.3, -0.25) is 9.36 Å². The Kier molecular flexibility index (Phi) is 7.41. The van der Waals surface area contributed by atoms with Crippen molar-refractivity contribution < 1.29 is 22.0 Å². The van der Waals surface area contributed by atoms with Crippen molar-refractivity contribution in [2.24, 2.45) is 5.14 Å². The third-order valence-corrected chi connectivity index (χ3v) is 8.26. The maximum absolute atomic E-state index is 15.8. The van der Waals surface area contributed by atoms with E-state index in [0.29, 0.717) is 6.54 Å². The molecule has 9 nitrogen and oxygen atoms in total. The van der Waals surface area contributed by atoms with Gasteiger partial charge in [-0.15, -0.1) is 0 Å². The van der Waals surface area contributed by atoms with Crippen molar-refractivity contribution in [1.29, 1.82) is 0 Å². The monoisotopic (exact) mass is 599 g/mol. The minimum Gasteiger partial charge on any atom is -0.350 e. The average molecular weight is 600 g/mol. The van der Waals surface area contributed by atoms with Crippen LogP contribution >= 0.6 is 11.6 Å². The van der Waals surface area contributed by atoms with Crippen LogP contribution in [0.2, 0.25) is 5.02 Å². The Balaban J connectivity index is 1.83. The highest BCUT2D eigenvalue weighted by Crippen LogP contribution is 2.37. The predicted molar refractivity (Wildman–Crippen MR) is 153 cm³/mol. The maximum atomic E-state index is 15.8. The number of rotatable bonds is 5. The van der Waals surface area contributed by atoms with Crippen LogP contribution in [-0.4, -0.2) is 54.5 Å². The predicted octanol–water partition coefficient (Wildman–Crippen LogP) is 3.85. The number of primary sulfonamides is 1. The van der Waals surface area contributed by atoms with E-state index in [0.717, 1.165) is 16.7 Å². The van der Waals surface area contributed by atoms with Crippen molar-refractivity contribution in [3.63, 3.8) is 0 Å². The van der Waals surface area contributed by atoms with Crippen molar-refractivity contribution in [3.05, 3.63) is 94.4 Å². The van der Waals surface area contributed by atoms with Gasteiger partial charge in [0.15, 0.2) is 0 Å². The molecule has 1 amide bonds. The van der Waals surface area contributed by atoms with E-state index in [1.54, 1.807) is 9.80 Å². The first kappa shape index (κ1) is 28.4. The van der Waals surface area contributed by atoms with Gasteiger partial charge in [0.25, 0.3) is 0 Å². The number of carbonyl (C=O) groups excluding carboxylic acids is 1. The van der Waals surface area contributed by atoms with Gasteiger partial charge < -0.3 is 9.80 Å². The second-order valence-electron chi connectivity index (χ2n) is 9.54. The van der Waals surface area contributed by atoms with E-state index in [4.69, 9.17) is 16.7 Å². The smallest absolute Gasteiger partial charge is 0.350 e. The van der Waals surface area contributed by atoms with Crippen LogP contribution < -0.4 is 15.7 Å². The lowest BCUT2D eigenvalue weighted by Gasteiger charge is -2.40. The zero-order chi connectivity index (χ0) is 29.6. The van der Waals surface area contributed by atoms with Crippen LogP contribution in [0.4, 0.5) is 14.6 Å². The summed E-state index contributed by atoms with van der Waals surface area (Å²) in [7, 11) is -4.31. The molecule has 13 heteroatoms. The SMILES string of the molecule is C=CC(=O)N1CCN(c2nc(=O)n(-c3ccccc3S(N)(=O)=O)c3cc(-c4c(F)cccc4Cl)c(F)cc23)[C@@H](C)C1. The molecule has 0 bridgehead atoms. The van der Waals surface area contributed by atoms with Gasteiger partial charge in [0.2, 0.25) is 15.9 Å². The van der Waals surface area contributed by atoms with E-state index in [9.17, 15) is 22.4 Å². The lowest BCUT2D eigenvalue weighted by atomic mass is 10.0. The van der Waals surface area contributed by atoms with Crippen molar-refractivity contribution in [2.45, 2.75) is 17.9 Å². The molecule has 1 fully saturated rings. The summed E-state index contributed by atoms with van der Waals surface area (Å²) in [5.74, 6) is -1.76. The van der Waals surface area contributed by atoms with Crippen LogP contribution in [0, 0.1) is 11.6 Å². The standard InChI is InChI=1S/C28H24ClF2N5O4S/c1-3-25(37)34-11-12-35(16(2)15-34)27-18-13-21(31)17(26-19(29)7-6-8-20(26)30)14-23(18)36(28(38)33-27)22-9-4-5-10-24(22)41(32,39)40/h3-10,13-14,16H,1,11-12,15H2,2H3,(H2,32,39,40)/t16-/m0/s1. The Bertz CT molecular complexity index is 1880. The molecule has 1 aliphatic heterocycles. The van der Waals surface area contributed by atoms with E-state index in [1.165, 1.54) is 48.5 Å². The fourth-order valence-electron chi connectivity index (χ4n) is 5.11. The summed E-state index contributed by atoms with van der Waals surface area (Å²) in [5, 5.41) is 5.54. The molecular weight excluding hydrogens is 576 g/mol. The molecule has 1 saturated heterocycles. The van der Waals surface area contributed by atoms with Gasteiger partial charge in [0.1, 0.15) is 22.3 Å². The third-order valence-electron chi connectivity index (χ3n) is 6.99. The average Bonchev–Trinajstić information content (AvgIpc) is 2.92. The van der Waals surface area contributed by atoms with Gasteiger partial charge in [0, 0.05) is 42.2 Å². The van der Waals surface area contributed by atoms with Crippen molar-refractivity contribution in [1.82, 2.24) is 14.5 Å². The van der Waals surface area contributed by atoms with Crippen LogP contribution in [0.3, 0.4) is 0 Å². The summed E-state index contributed by atoms with van der Waals surface area (Å²) in [6.07, 6.45) is 1.21.